The summed E-state index contributed by atoms with van der Waals surface area (Å²) in [6.45, 7) is 13.1. The lowest BCUT2D eigenvalue weighted by Gasteiger charge is -2.29. The molecule has 0 aromatic rings. The molecule has 0 bridgehead atoms. The molecule has 0 unspecified atom stereocenters. The summed E-state index contributed by atoms with van der Waals surface area (Å²) in [4.78, 5) is 11.3. The van der Waals surface area contributed by atoms with Gasteiger partial charge in [-0.2, -0.15) is 0 Å². The van der Waals surface area contributed by atoms with Gasteiger partial charge in [-0.1, -0.05) is 26.3 Å². The van der Waals surface area contributed by atoms with Crippen LogP contribution in [0, 0.1) is 5.92 Å². The summed E-state index contributed by atoms with van der Waals surface area (Å²) in [5.41, 5.74) is 0. The quantitative estimate of drug-likeness (QED) is 0.383. The van der Waals surface area contributed by atoms with Crippen molar-refractivity contribution in [1.82, 2.24) is 0 Å². The topological polar surface area (TPSA) is 35.5 Å². The summed E-state index contributed by atoms with van der Waals surface area (Å²) in [5, 5.41) is 0. The van der Waals surface area contributed by atoms with Crippen LogP contribution in [0.15, 0.2) is 12.2 Å². The Morgan fingerprint density at radius 1 is 1.28 bits per heavy atom. The monoisotopic (exact) mass is 272 g/mol. The highest BCUT2D eigenvalue weighted by Gasteiger charge is 2.23. The minimum atomic E-state index is -1.54. The molecule has 3 nitrogen and oxygen atoms in total. The summed E-state index contributed by atoms with van der Waals surface area (Å²) in [5.74, 6) is -0.0336. The number of esters is 1. The van der Waals surface area contributed by atoms with Crippen molar-refractivity contribution in [2.75, 3.05) is 6.61 Å². The third-order valence-electron chi connectivity index (χ3n) is 2.49. The predicted octanol–water partition coefficient (Wildman–Crippen LogP) is 3.76. The molecule has 0 radical (unpaired) electrons. The summed E-state index contributed by atoms with van der Waals surface area (Å²) in [6.07, 6.45) is 5.74. The Labute approximate surface area is 113 Å². The molecular formula is C14H28O3Si. The lowest BCUT2D eigenvalue weighted by molar-refractivity contribution is -0.137. The second-order valence-corrected chi connectivity index (χ2v) is 9.99. The fourth-order valence-electron chi connectivity index (χ4n) is 1.71. The van der Waals surface area contributed by atoms with E-state index in [1.54, 1.807) is 0 Å². The summed E-state index contributed by atoms with van der Waals surface area (Å²) in [6, 6.07) is 0. The van der Waals surface area contributed by atoms with Gasteiger partial charge in [0.15, 0.2) is 8.32 Å². The molecule has 0 aliphatic rings. The van der Waals surface area contributed by atoms with Gasteiger partial charge in [0.2, 0.25) is 0 Å². The largest absolute Gasteiger partial charge is 0.463 e. The molecule has 0 aliphatic carbocycles. The van der Waals surface area contributed by atoms with E-state index in [0.29, 0.717) is 6.61 Å². The van der Waals surface area contributed by atoms with Crippen molar-refractivity contribution in [3.05, 3.63) is 12.2 Å². The maximum absolute atomic E-state index is 11.3. The van der Waals surface area contributed by atoms with E-state index in [2.05, 4.69) is 33.5 Å². The number of carbonyl (C=O) groups is 1. The van der Waals surface area contributed by atoms with Crippen LogP contribution in [-0.2, 0) is 14.0 Å². The second-order valence-electron chi connectivity index (χ2n) is 5.53. The van der Waals surface area contributed by atoms with E-state index in [1.807, 2.05) is 13.0 Å². The van der Waals surface area contributed by atoms with Crippen LogP contribution in [0.4, 0.5) is 0 Å². The summed E-state index contributed by atoms with van der Waals surface area (Å²) >= 11 is 0. The zero-order valence-corrected chi connectivity index (χ0v) is 13.7. The molecule has 0 amide bonds. The van der Waals surface area contributed by atoms with Crippen LogP contribution >= 0.6 is 0 Å². The van der Waals surface area contributed by atoms with Crippen LogP contribution in [0.3, 0.4) is 0 Å². The third kappa shape index (κ3) is 8.47. The van der Waals surface area contributed by atoms with E-state index in [0.717, 1.165) is 12.8 Å². The first kappa shape index (κ1) is 17.4. The van der Waals surface area contributed by atoms with E-state index in [9.17, 15) is 4.79 Å². The van der Waals surface area contributed by atoms with Gasteiger partial charge in [-0.15, -0.1) is 0 Å². The van der Waals surface area contributed by atoms with Gasteiger partial charge in [0, 0.05) is 6.08 Å². The van der Waals surface area contributed by atoms with Gasteiger partial charge in [-0.05, 0) is 38.9 Å². The molecule has 0 heterocycles. The van der Waals surface area contributed by atoms with E-state index >= 15 is 0 Å². The SMILES string of the molecule is CCC[C@@H](O[Si](C)(C)C)[C@@H](C)/C=C/C(=O)OCC. The highest BCUT2D eigenvalue weighted by atomic mass is 28.4. The molecule has 0 rings (SSSR count). The number of ether oxygens (including phenoxy) is 1. The van der Waals surface area contributed by atoms with Gasteiger partial charge >= 0.3 is 5.97 Å². The Hall–Kier alpha value is -0.613. The van der Waals surface area contributed by atoms with Crippen molar-refractivity contribution in [2.45, 2.75) is 59.4 Å². The average Bonchev–Trinajstić information content (AvgIpc) is 2.24. The fourth-order valence-corrected chi connectivity index (χ4v) is 2.95. The van der Waals surface area contributed by atoms with Crippen LogP contribution in [0.1, 0.15) is 33.6 Å². The smallest absolute Gasteiger partial charge is 0.330 e. The Morgan fingerprint density at radius 3 is 2.33 bits per heavy atom. The zero-order valence-electron chi connectivity index (χ0n) is 12.7. The average molecular weight is 272 g/mol. The maximum Gasteiger partial charge on any atom is 0.330 e. The van der Waals surface area contributed by atoms with Crippen molar-refractivity contribution in [2.24, 2.45) is 5.92 Å². The van der Waals surface area contributed by atoms with Crippen LogP contribution < -0.4 is 0 Å². The molecule has 0 fully saturated rings. The number of carbonyl (C=O) groups excluding carboxylic acids is 1. The van der Waals surface area contributed by atoms with Crippen molar-refractivity contribution in [3.63, 3.8) is 0 Å². The molecule has 106 valence electrons. The molecule has 0 spiro atoms. The van der Waals surface area contributed by atoms with Gasteiger partial charge in [-0.25, -0.2) is 4.79 Å². The first-order valence-electron chi connectivity index (χ1n) is 6.83. The lowest BCUT2D eigenvalue weighted by atomic mass is 10.0. The molecule has 4 heteroatoms. The van der Waals surface area contributed by atoms with E-state index in [-0.39, 0.29) is 18.0 Å². The van der Waals surface area contributed by atoms with Gasteiger partial charge in [0.05, 0.1) is 12.7 Å². The second kappa shape index (κ2) is 8.48. The molecular weight excluding hydrogens is 244 g/mol. The maximum atomic E-state index is 11.3. The first-order valence-corrected chi connectivity index (χ1v) is 10.2. The van der Waals surface area contributed by atoms with Crippen LogP contribution in [0.25, 0.3) is 0 Å². The number of rotatable bonds is 8. The molecule has 0 aromatic heterocycles. The molecule has 0 N–H and O–H groups in total. The minimum absolute atomic E-state index is 0.201. The first-order chi connectivity index (χ1) is 8.30. The van der Waals surface area contributed by atoms with Crippen molar-refractivity contribution in [1.29, 1.82) is 0 Å². The normalized spacial score (nSPS) is 15.7. The molecule has 0 aliphatic heterocycles. The molecule has 18 heavy (non-hydrogen) atoms. The minimum Gasteiger partial charge on any atom is -0.463 e. The van der Waals surface area contributed by atoms with Gasteiger partial charge < -0.3 is 9.16 Å². The highest BCUT2D eigenvalue weighted by molar-refractivity contribution is 6.69. The van der Waals surface area contributed by atoms with Crippen LogP contribution in [0.5, 0.6) is 0 Å². The fraction of sp³-hybridized carbons (Fsp3) is 0.786. The van der Waals surface area contributed by atoms with E-state index in [1.165, 1.54) is 6.08 Å². The van der Waals surface area contributed by atoms with Crippen molar-refractivity contribution >= 4 is 14.3 Å². The van der Waals surface area contributed by atoms with Gasteiger partial charge in [-0.3, -0.25) is 0 Å². The summed E-state index contributed by atoms with van der Waals surface area (Å²) in [7, 11) is -1.54. The Bertz CT molecular complexity index is 269. The van der Waals surface area contributed by atoms with Gasteiger partial charge in [0.25, 0.3) is 0 Å². The third-order valence-corrected chi connectivity index (χ3v) is 3.50. The van der Waals surface area contributed by atoms with Crippen molar-refractivity contribution in [3.8, 4) is 0 Å². The molecule has 0 aromatic carbocycles. The Kier molecular flexibility index (Phi) is 8.19. The van der Waals surface area contributed by atoms with Gasteiger partial charge in [0.1, 0.15) is 0 Å². The highest BCUT2D eigenvalue weighted by Crippen LogP contribution is 2.20. The number of hydrogen-bond acceptors (Lipinski definition) is 3. The lowest BCUT2D eigenvalue weighted by Crippen LogP contribution is -2.35. The van der Waals surface area contributed by atoms with Crippen LogP contribution in [-0.4, -0.2) is 27.0 Å². The van der Waals surface area contributed by atoms with E-state index in [4.69, 9.17) is 9.16 Å². The number of hydrogen-bond donors (Lipinski definition) is 0. The summed E-state index contributed by atoms with van der Waals surface area (Å²) < 4.78 is 11.0. The standard InChI is InChI=1S/C14H28O3Si/c1-7-9-13(17-18(4,5)6)12(3)10-11-14(15)16-8-2/h10-13H,7-9H2,1-6H3/b11-10+/t12-,13+/m0/s1. The Balaban J connectivity index is 4.46. The van der Waals surface area contributed by atoms with Crippen LogP contribution in [0.2, 0.25) is 19.6 Å². The van der Waals surface area contributed by atoms with E-state index < -0.39 is 8.32 Å². The predicted molar refractivity (Wildman–Crippen MR) is 78.1 cm³/mol. The zero-order chi connectivity index (χ0) is 14.2. The molecule has 0 saturated heterocycles. The van der Waals surface area contributed by atoms with Crippen molar-refractivity contribution < 1.29 is 14.0 Å². The Morgan fingerprint density at radius 2 is 1.89 bits per heavy atom. The molecule has 0 saturated carbocycles. The molecule has 2 atom stereocenters.